The summed E-state index contributed by atoms with van der Waals surface area (Å²) >= 11 is 0. The second-order valence-electron chi connectivity index (χ2n) is 8.18. The van der Waals surface area contributed by atoms with Crippen LogP contribution in [0.2, 0.25) is 0 Å². The normalized spacial score (nSPS) is 18.6. The number of carbonyl (C=O) groups is 2. The zero-order chi connectivity index (χ0) is 19.7. The number of nitrogens with one attached hydrogen (secondary N) is 1. The predicted molar refractivity (Wildman–Crippen MR) is 112 cm³/mol. The molecule has 146 valence electrons. The van der Waals surface area contributed by atoms with E-state index in [9.17, 15) is 9.59 Å². The first-order valence-electron chi connectivity index (χ1n) is 10.3. The molecule has 0 spiro atoms. The third-order valence-electron chi connectivity index (χ3n) is 6.14. The van der Waals surface area contributed by atoms with Gasteiger partial charge in [0.25, 0.3) is 5.91 Å². The van der Waals surface area contributed by atoms with Gasteiger partial charge in [-0.2, -0.15) is 0 Å². The Kier molecular flexibility index (Phi) is 5.21. The van der Waals surface area contributed by atoms with Gasteiger partial charge in [0.05, 0.1) is 5.92 Å². The number of benzene rings is 2. The van der Waals surface area contributed by atoms with Crippen LogP contribution in [0.3, 0.4) is 0 Å². The van der Waals surface area contributed by atoms with Crippen molar-refractivity contribution < 1.29 is 9.59 Å². The highest BCUT2D eigenvalue weighted by atomic mass is 16.2. The molecule has 28 heavy (non-hydrogen) atoms. The molecule has 1 aliphatic heterocycles. The van der Waals surface area contributed by atoms with Gasteiger partial charge in [-0.1, -0.05) is 24.3 Å². The summed E-state index contributed by atoms with van der Waals surface area (Å²) in [5.74, 6) is -0.0853. The van der Waals surface area contributed by atoms with Gasteiger partial charge >= 0.3 is 0 Å². The summed E-state index contributed by atoms with van der Waals surface area (Å²) in [7, 11) is 0. The van der Waals surface area contributed by atoms with E-state index in [1.165, 1.54) is 17.5 Å². The van der Waals surface area contributed by atoms with Crippen LogP contribution in [0.5, 0.6) is 0 Å². The number of amides is 2. The van der Waals surface area contributed by atoms with Gasteiger partial charge in [-0.3, -0.25) is 9.59 Å². The van der Waals surface area contributed by atoms with Crippen LogP contribution in [0.15, 0.2) is 36.4 Å². The fourth-order valence-corrected chi connectivity index (χ4v) is 4.58. The van der Waals surface area contributed by atoms with Gasteiger partial charge in [0.2, 0.25) is 5.91 Å². The van der Waals surface area contributed by atoms with E-state index in [-0.39, 0.29) is 17.7 Å². The summed E-state index contributed by atoms with van der Waals surface area (Å²) in [5, 5.41) is 3.09. The van der Waals surface area contributed by atoms with Crippen LogP contribution in [0.4, 0.5) is 5.69 Å². The van der Waals surface area contributed by atoms with Gasteiger partial charge < -0.3 is 10.2 Å². The van der Waals surface area contributed by atoms with Crippen molar-refractivity contribution in [2.24, 2.45) is 5.92 Å². The van der Waals surface area contributed by atoms with Gasteiger partial charge in [-0.25, -0.2) is 0 Å². The molecule has 2 amide bonds. The summed E-state index contributed by atoms with van der Waals surface area (Å²) in [6, 6.07) is 12.2. The molecule has 4 nitrogen and oxygen atoms in total. The standard InChI is InChI=1S/C24H28N2O2/c1-16-6-3-7-17(2)22(16)24(28)26-13-5-10-20(15-26)23(27)25-21-12-11-18-8-4-9-19(18)14-21/h3,6-7,11-12,14,20H,4-5,8-10,13,15H2,1-2H3,(H,25,27)/t20-/m0/s1. The number of likely N-dealkylation sites (tertiary alicyclic amines) is 1. The molecule has 4 heteroatoms. The van der Waals surface area contributed by atoms with Crippen molar-refractivity contribution in [2.75, 3.05) is 18.4 Å². The lowest BCUT2D eigenvalue weighted by molar-refractivity contribution is -0.121. The van der Waals surface area contributed by atoms with Crippen molar-refractivity contribution in [1.29, 1.82) is 0 Å². The molecule has 0 bridgehead atoms. The number of aryl methyl sites for hydroxylation is 4. The average Bonchev–Trinajstić information content (AvgIpc) is 3.15. The van der Waals surface area contributed by atoms with Crippen LogP contribution in [0, 0.1) is 19.8 Å². The van der Waals surface area contributed by atoms with Crippen LogP contribution in [0.1, 0.15) is 51.9 Å². The maximum atomic E-state index is 13.1. The van der Waals surface area contributed by atoms with Crippen molar-refractivity contribution in [1.82, 2.24) is 4.90 Å². The van der Waals surface area contributed by atoms with Crippen LogP contribution < -0.4 is 5.32 Å². The Morgan fingerprint density at radius 2 is 1.75 bits per heavy atom. The number of nitrogens with zero attached hydrogens (tertiary/aromatic N) is 1. The number of carbonyl (C=O) groups excluding carboxylic acids is 2. The third kappa shape index (κ3) is 3.68. The minimum atomic E-state index is -0.157. The molecule has 1 saturated heterocycles. The van der Waals surface area contributed by atoms with E-state index < -0.39 is 0 Å². The summed E-state index contributed by atoms with van der Waals surface area (Å²) in [5.41, 5.74) is 6.41. The molecule has 0 radical (unpaired) electrons. The highest BCUT2D eigenvalue weighted by Crippen LogP contribution is 2.26. The first-order chi connectivity index (χ1) is 13.5. The molecular formula is C24H28N2O2. The van der Waals surface area contributed by atoms with Crippen LogP contribution in [0.25, 0.3) is 0 Å². The summed E-state index contributed by atoms with van der Waals surface area (Å²) in [6.45, 7) is 5.16. The molecule has 0 aromatic heterocycles. The van der Waals surface area contributed by atoms with E-state index in [4.69, 9.17) is 0 Å². The molecule has 2 aromatic rings. The fourth-order valence-electron chi connectivity index (χ4n) is 4.58. The van der Waals surface area contributed by atoms with Crippen LogP contribution in [-0.4, -0.2) is 29.8 Å². The van der Waals surface area contributed by atoms with Gasteiger partial charge in [0.15, 0.2) is 0 Å². The molecule has 0 saturated carbocycles. The van der Waals surface area contributed by atoms with Gasteiger partial charge in [0.1, 0.15) is 0 Å². The number of fused-ring (bicyclic) bond motifs is 1. The Bertz CT molecular complexity index is 899. The van der Waals surface area contributed by atoms with E-state index >= 15 is 0 Å². The monoisotopic (exact) mass is 376 g/mol. The van der Waals surface area contributed by atoms with E-state index in [0.717, 1.165) is 54.6 Å². The summed E-state index contributed by atoms with van der Waals surface area (Å²) < 4.78 is 0. The van der Waals surface area contributed by atoms with Crippen LogP contribution >= 0.6 is 0 Å². The fraction of sp³-hybridized carbons (Fsp3) is 0.417. The molecule has 4 rings (SSSR count). The second kappa shape index (κ2) is 7.78. The molecule has 2 aromatic carbocycles. The van der Waals surface area contributed by atoms with E-state index in [1.54, 1.807) is 0 Å². The number of hydrogen-bond acceptors (Lipinski definition) is 2. The van der Waals surface area contributed by atoms with Crippen molar-refractivity contribution in [2.45, 2.75) is 46.0 Å². The quantitative estimate of drug-likeness (QED) is 0.869. The lowest BCUT2D eigenvalue weighted by Gasteiger charge is -2.32. The number of hydrogen-bond donors (Lipinski definition) is 1. The Morgan fingerprint density at radius 1 is 1.00 bits per heavy atom. The summed E-state index contributed by atoms with van der Waals surface area (Å²) in [6.07, 6.45) is 5.12. The van der Waals surface area contributed by atoms with Crippen molar-refractivity contribution in [3.8, 4) is 0 Å². The molecule has 2 aliphatic rings. The molecule has 1 atom stereocenters. The number of anilines is 1. The first kappa shape index (κ1) is 18.7. The van der Waals surface area contributed by atoms with Gasteiger partial charge in [-0.05, 0) is 80.3 Å². The van der Waals surface area contributed by atoms with Crippen molar-refractivity contribution in [3.63, 3.8) is 0 Å². The zero-order valence-corrected chi connectivity index (χ0v) is 16.8. The minimum absolute atomic E-state index is 0.0250. The topological polar surface area (TPSA) is 49.4 Å². The van der Waals surface area contributed by atoms with E-state index in [2.05, 4.69) is 17.4 Å². The lowest BCUT2D eigenvalue weighted by Crippen LogP contribution is -2.44. The van der Waals surface area contributed by atoms with Crippen molar-refractivity contribution in [3.05, 3.63) is 64.2 Å². The van der Waals surface area contributed by atoms with E-state index in [0.29, 0.717) is 6.54 Å². The Balaban J connectivity index is 1.44. The van der Waals surface area contributed by atoms with Gasteiger partial charge in [0, 0.05) is 24.3 Å². The zero-order valence-electron chi connectivity index (χ0n) is 16.8. The molecule has 1 N–H and O–H groups in total. The molecular weight excluding hydrogens is 348 g/mol. The molecule has 1 heterocycles. The molecule has 1 aliphatic carbocycles. The summed E-state index contributed by atoms with van der Waals surface area (Å²) in [4.78, 5) is 27.8. The van der Waals surface area contributed by atoms with Crippen LogP contribution in [-0.2, 0) is 17.6 Å². The highest BCUT2D eigenvalue weighted by Gasteiger charge is 2.30. The van der Waals surface area contributed by atoms with Gasteiger partial charge in [-0.15, -0.1) is 0 Å². The number of piperidine rings is 1. The Morgan fingerprint density at radius 3 is 2.54 bits per heavy atom. The average molecular weight is 377 g/mol. The first-order valence-corrected chi connectivity index (χ1v) is 10.3. The lowest BCUT2D eigenvalue weighted by atomic mass is 9.94. The minimum Gasteiger partial charge on any atom is -0.338 e. The highest BCUT2D eigenvalue weighted by molar-refractivity contribution is 5.98. The maximum Gasteiger partial charge on any atom is 0.254 e. The van der Waals surface area contributed by atoms with E-state index in [1.807, 2.05) is 43.0 Å². The third-order valence-corrected chi connectivity index (χ3v) is 6.14. The smallest absolute Gasteiger partial charge is 0.254 e. The maximum absolute atomic E-state index is 13.1. The molecule has 0 unspecified atom stereocenters. The number of rotatable bonds is 3. The predicted octanol–water partition coefficient (Wildman–Crippen LogP) is 4.28. The Hall–Kier alpha value is -2.62. The largest absolute Gasteiger partial charge is 0.338 e. The SMILES string of the molecule is Cc1cccc(C)c1C(=O)N1CCC[C@H](C(=O)Nc2ccc3c(c2)CCC3)C1. The Labute approximate surface area is 166 Å². The van der Waals surface area contributed by atoms with Crippen molar-refractivity contribution >= 4 is 17.5 Å². The second-order valence-corrected chi connectivity index (χ2v) is 8.18. The molecule has 1 fully saturated rings.